The lowest BCUT2D eigenvalue weighted by atomic mass is 10.1. The Morgan fingerprint density at radius 2 is 2.21 bits per heavy atom. The Hall–Kier alpha value is -1.55. The highest BCUT2D eigenvalue weighted by molar-refractivity contribution is 5.69. The summed E-state index contributed by atoms with van der Waals surface area (Å²) in [4.78, 5) is 3.96. The molecule has 0 amide bonds. The molecule has 14 heavy (non-hydrogen) atoms. The Morgan fingerprint density at radius 1 is 1.50 bits per heavy atom. The number of hydrogen-bond acceptors (Lipinski definition) is 4. The third-order valence-electron chi connectivity index (χ3n) is 2.05. The van der Waals surface area contributed by atoms with Crippen molar-refractivity contribution in [1.29, 1.82) is 0 Å². The second-order valence-corrected chi connectivity index (χ2v) is 3.05. The van der Waals surface area contributed by atoms with Gasteiger partial charge in [0.1, 0.15) is 5.82 Å². The van der Waals surface area contributed by atoms with Gasteiger partial charge in [-0.05, 0) is 24.5 Å². The van der Waals surface area contributed by atoms with E-state index in [-0.39, 0.29) is 6.61 Å². The van der Waals surface area contributed by atoms with Crippen LogP contribution in [0.4, 0.5) is 11.5 Å². The molecule has 4 nitrogen and oxygen atoms in total. The maximum atomic E-state index is 8.60. The highest BCUT2D eigenvalue weighted by atomic mass is 16.2. The summed E-state index contributed by atoms with van der Waals surface area (Å²) in [5, 5.41) is 8.60. The summed E-state index contributed by atoms with van der Waals surface area (Å²) < 4.78 is 0. The number of pyridine rings is 1. The van der Waals surface area contributed by atoms with Crippen LogP contribution in [0.5, 0.6) is 0 Å². The third-order valence-corrected chi connectivity index (χ3v) is 2.05. The van der Waals surface area contributed by atoms with Gasteiger partial charge in [0, 0.05) is 12.8 Å². The lowest BCUT2D eigenvalue weighted by molar-refractivity contribution is 0.303. The first-order chi connectivity index (χ1) is 6.66. The molecular weight excluding hydrogens is 178 g/mol. The van der Waals surface area contributed by atoms with E-state index in [9.17, 15) is 0 Å². The highest BCUT2D eigenvalue weighted by Crippen LogP contribution is 2.21. The van der Waals surface area contributed by atoms with Crippen LogP contribution in [-0.2, 0) is 0 Å². The topological polar surface area (TPSA) is 85.2 Å². The highest BCUT2D eigenvalue weighted by Gasteiger charge is 2.02. The maximum Gasteiger partial charge on any atom is 0.146 e. The summed E-state index contributed by atoms with van der Waals surface area (Å²) >= 11 is 0. The average molecular weight is 193 g/mol. The van der Waals surface area contributed by atoms with E-state index in [0.717, 1.165) is 11.1 Å². The molecule has 1 heterocycles. The van der Waals surface area contributed by atoms with Crippen LogP contribution in [0, 0.1) is 6.92 Å². The van der Waals surface area contributed by atoms with Gasteiger partial charge in [-0.15, -0.1) is 0 Å². The van der Waals surface area contributed by atoms with E-state index in [4.69, 9.17) is 16.6 Å². The zero-order valence-corrected chi connectivity index (χ0v) is 8.20. The molecule has 0 radical (unpaired) electrons. The largest absolute Gasteiger partial charge is 0.396 e. The van der Waals surface area contributed by atoms with Gasteiger partial charge in [-0.25, -0.2) is 4.98 Å². The molecule has 0 aromatic carbocycles. The van der Waals surface area contributed by atoms with Crippen molar-refractivity contribution in [3.8, 4) is 0 Å². The molecule has 5 N–H and O–H groups in total. The number of aliphatic hydroxyl groups excluding tert-OH is 1. The SMILES string of the molecule is Cc1c(C=CCCO)cnc(N)c1N. The van der Waals surface area contributed by atoms with Crippen molar-refractivity contribution in [3.05, 3.63) is 23.4 Å². The minimum atomic E-state index is 0.146. The van der Waals surface area contributed by atoms with Gasteiger partial charge in [0.25, 0.3) is 0 Å². The summed E-state index contributed by atoms with van der Waals surface area (Å²) in [7, 11) is 0. The van der Waals surface area contributed by atoms with Gasteiger partial charge in [-0.1, -0.05) is 12.2 Å². The number of anilines is 2. The van der Waals surface area contributed by atoms with Crippen LogP contribution in [0.1, 0.15) is 17.5 Å². The van der Waals surface area contributed by atoms with Crippen molar-refractivity contribution in [2.45, 2.75) is 13.3 Å². The van der Waals surface area contributed by atoms with Gasteiger partial charge < -0.3 is 16.6 Å². The van der Waals surface area contributed by atoms with Crippen LogP contribution in [0.2, 0.25) is 0 Å². The molecule has 0 aliphatic heterocycles. The fourth-order valence-corrected chi connectivity index (χ4v) is 1.11. The number of nitrogens with two attached hydrogens (primary N) is 2. The molecule has 0 unspecified atom stereocenters. The smallest absolute Gasteiger partial charge is 0.146 e. The van der Waals surface area contributed by atoms with Crippen molar-refractivity contribution in [1.82, 2.24) is 4.98 Å². The van der Waals surface area contributed by atoms with Crippen molar-refractivity contribution in [2.75, 3.05) is 18.1 Å². The van der Waals surface area contributed by atoms with Crippen LogP contribution >= 0.6 is 0 Å². The molecule has 0 spiro atoms. The van der Waals surface area contributed by atoms with E-state index < -0.39 is 0 Å². The minimum Gasteiger partial charge on any atom is -0.396 e. The molecule has 1 rings (SSSR count). The molecule has 0 bridgehead atoms. The summed E-state index contributed by atoms with van der Waals surface area (Å²) in [6, 6.07) is 0. The number of nitrogens with zero attached hydrogens (tertiary/aromatic N) is 1. The summed E-state index contributed by atoms with van der Waals surface area (Å²) in [5.74, 6) is 0.363. The molecule has 0 aliphatic carbocycles. The van der Waals surface area contributed by atoms with Gasteiger partial charge in [0.05, 0.1) is 5.69 Å². The molecule has 4 heteroatoms. The van der Waals surface area contributed by atoms with E-state index in [2.05, 4.69) is 4.98 Å². The van der Waals surface area contributed by atoms with Crippen molar-refractivity contribution in [2.24, 2.45) is 0 Å². The standard InChI is InChI=1S/C10H15N3O/c1-7-8(4-2-3-5-14)6-13-10(12)9(7)11/h2,4,6,14H,3,5,11H2,1H3,(H2,12,13). The monoisotopic (exact) mass is 193 g/mol. The molecule has 0 fully saturated rings. The number of aromatic nitrogens is 1. The average Bonchev–Trinajstić information content (AvgIpc) is 2.18. The fraction of sp³-hybridized carbons (Fsp3) is 0.300. The molecular formula is C10H15N3O. The fourth-order valence-electron chi connectivity index (χ4n) is 1.11. The Kier molecular flexibility index (Phi) is 3.48. The van der Waals surface area contributed by atoms with Gasteiger partial charge >= 0.3 is 0 Å². The normalized spacial score (nSPS) is 11.0. The summed E-state index contributed by atoms with van der Waals surface area (Å²) in [6.45, 7) is 2.04. The van der Waals surface area contributed by atoms with Crippen LogP contribution in [0.25, 0.3) is 6.08 Å². The van der Waals surface area contributed by atoms with Crippen LogP contribution < -0.4 is 11.5 Å². The lowest BCUT2D eigenvalue weighted by Crippen LogP contribution is -2.01. The first-order valence-corrected chi connectivity index (χ1v) is 4.44. The Balaban J connectivity index is 2.94. The van der Waals surface area contributed by atoms with E-state index in [1.54, 1.807) is 6.20 Å². The maximum absolute atomic E-state index is 8.60. The minimum absolute atomic E-state index is 0.146. The zero-order chi connectivity index (χ0) is 10.6. The van der Waals surface area contributed by atoms with Gasteiger partial charge in [-0.3, -0.25) is 0 Å². The molecule has 0 saturated heterocycles. The lowest BCUT2D eigenvalue weighted by Gasteiger charge is -2.05. The summed E-state index contributed by atoms with van der Waals surface area (Å²) in [5.41, 5.74) is 13.6. The first-order valence-electron chi connectivity index (χ1n) is 4.44. The predicted octanol–water partition coefficient (Wildman–Crippen LogP) is 0.950. The predicted molar refractivity (Wildman–Crippen MR) is 58.5 cm³/mol. The third kappa shape index (κ3) is 2.23. The molecule has 1 aromatic heterocycles. The van der Waals surface area contributed by atoms with Crippen molar-refractivity contribution in [3.63, 3.8) is 0 Å². The van der Waals surface area contributed by atoms with Crippen molar-refractivity contribution < 1.29 is 5.11 Å². The van der Waals surface area contributed by atoms with E-state index in [1.165, 1.54) is 0 Å². The molecule has 0 saturated carbocycles. The van der Waals surface area contributed by atoms with Crippen LogP contribution in [-0.4, -0.2) is 16.7 Å². The number of rotatable bonds is 3. The van der Waals surface area contributed by atoms with Crippen LogP contribution in [0.3, 0.4) is 0 Å². The number of nitrogen functional groups attached to an aromatic ring is 2. The van der Waals surface area contributed by atoms with E-state index in [0.29, 0.717) is 17.9 Å². The van der Waals surface area contributed by atoms with Gasteiger partial charge in [-0.2, -0.15) is 0 Å². The van der Waals surface area contributed by atoms with Gasteiger partial charge in [0.2, 0.25) is 0 Å². The Labute approximate surface area is 83.3 Å². The molecule has 76 valence electrons. The number of hydrogen-bond donors (Lipinski definition) is 3. The van der Waals surface area contributed by atoms with Crippen LogP contribution in [0.15, 0.2) is 12.3 Å². The Bertz CT molecular complexity index is 347. The number of aliphatic hydroxyl groups is 1. The van der Waals surface area contributed by atoms with E-state index >= 15 is 0 Å². The molecule has 1 aromatic rings. The van der Waals surface area contributed by atoms with Crippen molar-refractivity contribution >= 4 is 17.6 Å². The zero-order valence-electron chi connectivity index (χ0n) is 8.20. The second-order valence-electron chi connectivity index (χ2n) is 3.05. The van der Waals surface area contributed by atoms with E-state index in [1.807, 2.05) is 19.1 Å². The quantitative estimate of drug-likeness (QED) is 0.667. The van der Waals surface area contributed by atoms with Gasteiger partial charge in [0.15, 0.2) is 0 Å². The molecule has 0 atom stereocenters. The first kappa shape index (κ1) is 10.5. The second kappa shape index (κ2) is 4.62. The Morgan fingerprint density at radius 3 is 2.86 bits per heavy atom. The summed E-state index contributed by atoms with van der Waals surface area (Å²) in [6.07, 6.45) is 6.06. The molecule has 0 aliphatic rings.